The molecule has 5 nitrogen and oxygen atoms in total. The van der Waals surface area contributed by atoms with Gasteiger partial charge in [-0.15, -0.1) is 24.8 Å². The van der Waals surface area contributed by atoms with Gasteiger partial charge in [0.15, 0.2) is 0 Å². The summed E-state index contributed by atoms with van der Waals surface area (Å²) in [5, 5.41) is 3.22. The minimum atomic E-state index is 0. The fraction of sp³-hybridized carbons (Fsp3) is 0.632. The molecular formula is C19H32Cl2N4O. The lowest BCUT2D eigenvalue weighted by Crippen LogP contribution is -2.43. The molecule has 2 aliphatic heterocycles. The van der Waals surface area contributed by atoms with Crippen LogP contribution in [-0.4, -0.2) is 80.5 Å². The van der Waals surface area contributed by atoms with Crippen molar-refractivity contribution in [3.63, 3.8) is 0 Å². The second kappa shape index (κ2) is 11.1. The van der Waals surface area contributed by atoms with E-state index in [4.69, 9.17) is 0 Å². The van der Waals surface area contributed by atoms with Crippen molar-refractivity contribution in [1.29, 1.82) is 0 Å². The van der Waals surface area contributed by atoms with Gasteiger partial charge in [0.1, 0.15) is 0 Å². The van der Waals surface area contributed by atoms with Crippen LogP contribution in [0.15, 0.2) is 24.3 Å². The number of hydrogen-bond acceptors (Lipinski definition) is 4. The molecule has 1 amide bonds. The zero-order chi connectivity index (χ0) is 16.9. The van der Waals surface area contributed by atoms with Crippen molar-refractivity contribution >= 4 is 30.7 Å². The number of likely N-dealkylation sites (tertiary alicyclic amines) is 1. The highest BCUT2D eigenvalue weighted by Gasteiger charge is 2.26. The third-order valence-electron chi connectivity index (χ3n) is 5.24. The van der Waals surface area contributed by atoms with Gasteiger partial charge < -0.3 is 15.1 Å². The Labute approximate surface area is 169 Å². The van der Waals surface area contributed by atoms with Crippen LogP contribution in [0.2, 0.25) is 0 Å². The molecule has 2 aliphatic rings. The maximum Gasteiger partial charge on any atom is 0.253 e. The fourth-order valence-corrected chi connectivity index (χ4v) is 3.72. The lowest BCUT2D eigenvalue weighted by molar-refractivity contribution is 0.0787. The minimum Gasteiger partial charge on any atom is -0.338 e. The first-order valence-corrected chi connectivity index (χ1v) is 9.09. The molecular weight excluding hydrogens is 371 g/mol. The molecule has 148 valence electrons. The van der Waals surface area contributed by atoms with Gasteiger partial charge in [-0.05, 0) is 50.7 Å². The monoisotopic (exact) mass is 402 g/mol. The van der Waals surface area contributed by atoms with E-state index in [1.54, 1.807) is 0 Å². The molecule has 0 aromatic heterocycles. The molecule has 1 aromatic carbocycles. The van der Waals surface area contributed by atoms with E-state index >= 15 is 0 Å². The zero-order valence-electron chi connectivity index (χ0n) is 15.8. The third kappa shape index (κ3) is 6.10. The molecule has 1 N–H and O–H groups in total. The quantitative estimate of drug-likeness (QED) is 0.816. The summed E-state index contributed by atoms with van der Waals surface area (Å²) in [4.78, 5) is 19.6. The molecule has 0 spiro atoms. The van der Waals surface area contributed by atoms with E-state index in [1.165, 1.54) is 5.56 Å². The number of hydrogen-bond donors (Lipinski definition) is 1. The van der Waals surface area contributed by atoms with Gasteiger partial charge in [-0.1, -0.05) is 12.1 Å². The average Bonchev–Trinajstić information content (AvgIpc) is 3.06. The Balaban J connectivity index is 0.00000169. The average molecular weight is 403 g/mol. The second-order valence-corrected chi connectivity index (χ2v) is 7.24. The van der Waals surface area contributed by atoms with Crippen LogP contribution in [0.1, 0.15) is 22.3 Å². The summed E-state index contributed by atoms with van der Waals surface area (Å²) in [5.41, 5.74) is 2.09. The first kappa shape index (κ1) is 23.2. The van der Waals surface area contributed by atoms with Crippen molar-refractivity contribution in [2.75, 3.05) is 59.9 Å². The lowest BCUT2D eigenvalue weighted by Gasteiger charge is -2.32. The number of benzene rings is 1. The number of nitrogens with one attached hydrogen (secondary N) is 1. The number of likely N-dealkylation sites (N-methyl/N-ethyl adjacent to an activating group) is 1. The summed E-state index contributed by atoms with van der Waals surface area (Å²) in [5.74, 6) is 0.779. The van der Waals surface area contributed by atoms with E-state index in [-0.39, 0.29) is 30.7 Å². The Bertz CT molecular complexity index is 564. The van der Waals surface area contributed by atoms with Gasteiger partial charge in [0.2, 0.25) is 0 Å². The number of halogens is 2. The van der Waals surface area contributed by atoms with Crippen LogP contribution < -0.4 is 5.32 Å². The molecule has 2 fully saturated rings. The molecule has 2 heterocycles. The van der Waals surface area contributed by atoms with Crippen molar-refractivity contribution in [3.05, 3.63) is 35.4 Å². The van der Waals surface area contributed by atoms with Crippen LogP contribution in [0.4, 0.5) is 0 Å². The molecule has 1 atom stereocenters. The van der Waals surface area contributed by atoms with Gasteiger partial charge in [0.05, 0.1) is 0 Å². The first-order valence-electron chi connectivity index (χ1n) is 9.09. The predicted octanol–water partition coefficient (Wildman–Crippen LogP) is 1.96. The molecule has 7 heteroatoms. The highest BCUT2D eigenvalue weighted by atomic mass is 35.5. The van der Waals surface area contributed by atoms with E-state index in [1.807, 2.05) is 24.1 Å². The lowest BCUT2D eigenvalue weighted by atomic mass is 10.1. The van der Waals surface area contributed by atoms with E-state index in [0.29, 0.717) is 5.92 Å². The largest absolute Gasteiger partial charge is 0.338 e. The van der Waals surface area contributed by atoms with Crippen LogP contribution in [0, 0.1) is 5.92 Å². The Kier molecular flexibility index (Phi) is 9.90. The fourth-order valence-electron chi connectivity index (χ4n) is 3.72. The number of amides is 1. The summed E-state index contributed by atoms with van der Waals surface area (Å²) in [6, 6.07) is 8.22. The summed E-state index contributed by atoms with van der Waals surface area (Å²) >= 11 is 0. The van der Waals surface area contributed by atoms with E-state index in [0.717, 1.165) is 64.3 Å². The number of nitrogens with zero attached hydrogens (tertiary/aromatic N) is 3. The number of rotatable bonds is 5. The summed E-state index contributed by atoms with van der Waals surface area (Å²) < 4.78 is 0. The number of carbonyl (C=O) groups is 1. The van der Waals surface area contributed by atoms with Crippen molar-refractivity contribution in [2.45, 2.75) is 13.0 Å². The highest BCUT2D eigenvalue weighted by Crippen LogP contribution is 2.19. The van der Waals surface area contributed by atoms with Crippen molar-refractivity contribution in [2.24, 2.45) is 5.92 Å². The van der Waals surface area contributed by atoms with Crippen LogP contribution in [-0.2, 0) is 6.54 Å². The molecule has 0 aliphatic carbocycles. The van der Waals surface area contributed by atoms with Gasteiger partial charge in [-0.3, -0.25) is 9.69 Å². The molecule has 0 saturated carbocycles. The van der Waals surface area contributed by atoms with Crippen LogP contribution in [0.25, 0.3) is 0 Å². The standard InChI is InChI=1S/C19H30N4O.2ClH/c1-20-13-17-6-7-23(15-17)19(24)18-5-3-4-16(12-18)14-22-10-8-21(2)9-11-22;;/h3-5,12,17,20H,6-11,13-15H2,1-2H3;2*1H. The maximum atomic E-state index is 12.8. The highest BCUT2D eigenvalue weighted by molar-refractivity contribution is 5.94. The Morgan fingerprint density at radius 2 is 1.88 bits per heavy atom. The predicted molar refractivity (Wildman–Crippen MR) is 112 cm³/mol. The second-order valence-electron chi connectivity index (χ2n) is 7.24. The first-order chi connectivity index (χ1) is 11.7. The van der Waals surface area contributed by atoms with Gasteiger partial charge in [-0.25, -0.2) is 0 Å². The van der Waals surface area contributed by atoms with Gasteiger partial charge >= 0.3 is 0 Å². The molecule has 0 bridgehead atoms. The minimum absolute atomic E-state index is 0. The van der Waals surface area contributed by atoms with E-state index in [9.17, 15) is 4.79 Å². The van der Waals surface area contributed by atoms with Crippen LogP contribution in [0.3, 0.4) is 0 Å². The Morgan fingerprint density at radius 3 is 2.58 bits per heavy atom. The molecule has 3 rings (SSSR count). The van der Waals surface area contributed by atoms with Crippen LogP contribution >= 0.6 is 24.8 Å². The maximum absolute atomic E-state index is 12.8. The normalized spacial score (nSPS) is 21.2. The Morgan fingerprint density at radius 1 is 1.15 bits per heavy atom. The van der Waals surface area contributed by atoms with Crippen LogP contribution in [0.5, 0.6) is 0 Å². The number of piperazine rings is 1. The molecule has 2 saturated heterocycles. The van der Waals surface area contributed by atoms with Crippen molar-refractivity contribution in [1.82, 2.24) is 20.0 Å². The molecule has 1 unspecified atom stereocenters. The number of carbonyl (C=O) groups excluding carboxylic acids is 1. The SMILES string of the molecule is CNCC1CCN(C(=O)c2cccc(CN3CCN(C)CC3)c2)C1.Cl.Cl. The topological polar surface area (TPSA) is 38.8 Å². The molecule has 1 aromatic rings. The smallest absolute Gasteiger partial charge is 0.253 e. The molecule has 0 radical (unpaired) electrons. The third-order valence-corrected chi connectivity index (χ3v) is 5.24. The Hall–Kier alpha value is -0.850. The molecule has 26 heavy (non-hydrogen) atoms. The van der Waals surface area contributed by atoms with Crippen molar-refractivity contribution < 1.29 is 4.79 Å². The van der Waals surface area contributed by atoms with Crippen molar-refractivity contribution in [3.8, 4) is 0 Å². The summed E-state index contributed by atoms with van der Waals surface area (Å²) in [6.45, 7) is 8.15. The van der Waals surface area contributed by atoms with E-state index in [2.05, 4.69) is 34.3 Å². The van der Waals surface area contributed by atoms with Gasteiger partial charge in [0, 0.05) is 51.4 Å². The zero-order valence-corrected chi connectivity index (χ0v) is 17.5. The summed E-state index contributed by atoms with van der Waals surface area (Å²) in [7, 11) is 4.15. The van der Waals surface area contributed by atoms with E-state index < -0.39 is 0 Å². The van der Waals surface area contributed by atoms with Gasteiger partial charge in [-0.2, -0.15) is 0 Å². The summed E-state index contributed by atoms with van der Waals surface area (Å²) in [6.07, 6.45) is 1.10. The van der Waals surface area contributed by atoms with Gasteiger partial charge in [0.25, 0.3) is 5.91 Å².